The Labute approximate surface area is 175 Å². The third kappa shape index (κ3) is 7.51. The number of aliphatic hydroxyl groups is 3. The molecule has 28 heavy (non-hydrogen) atoms. The summed E-state index contributed by atoms with van der Waals surface area (Å²) in [4.78, 5) is 2.61. The summed E-state index contributed by atoms with van der Waals surface area (Å²) in [5.41, 5.74) is 0. The number of rotatable bonds is 12. The lowest BCUT2D eigenvalue weighted by Crippen LogP contribution is -2.19. The highest BCUT2D eigenvalue weighted by Crippen LogP contribution is 2.42. The third-order valence-corrected chi connectivity index (χ3v) is 6.83. The first-order valence-electron chi connectivity index (χ1n) is 10.6. The first-order valence-corrected chi connectivity index (χ1v) is 11.4. The SMILES string of the molecule is [B]C[C@@H]1CC(O)[C@H](C/C=C\CCCCO)[C@H]1/C=C/[C@@H](O)CCc1ccc(C)s1. The van der Waals surface area contributed by atoms with Gasteiger partial charge in [0.15, 0.2) is 0 Å². The van der Waals surface area contributed by atoms with Crippen molar-refractivity contribution in [2.24, 2.45) is 17.8 Å². The molecule has 1 aromatic rings. The topological polar surface area (TPSA) is 60.7 Å². The van der Waals surface area contributed by atoms with Crippen LogP contribution in [-0.2, 0) is 6.42 Å². The molecule has 0 saturated heterocycles. The molecule has 1 fully saturated rings. The molecule has 2 radical (unpaired) electrons. The fourth-order valence-electron chi connectivity index (χ4n) is 4.12. The van der Waals surface area contributed by atoms with Crippen molar-refractivity contribution in [1.82, 2.24) is 0 Å². The van der Waals surface area contributed by atoms with Crippen molar-refractivity contribution in [3.05, 3.63) is 46.2 Å². The normalized spacial score (nSPS) is 26.6. The maximum atomic E-state index is 10.5. The van der Waals surface area contributed by atoms with Crippen molar-refractivity contribution >= 4 is 19.2 Å². The van der Waals surface area contributed by atoms with E-state index in [4.69, 9.17) is 13.0 Å². The quantitative estimate of drug-likeness (QED) is 0.279. The molecule has 5 heteroatoms. The van der Waals surface area contributed by atoms with Gasteiger partial charge in [0.1, 0.15) is 0 Å². The predicted molar refractivity (Wildman–Crippen MR) is 119 cm³/mol. The molecular formula is C23H35BO3S. The maximum absolute atomic E-state index is 10.5. The standard InChI is InChI=1S/C23H35BO3S/c1-17-8-11-20(28-17)12-9-19(26)10-13-21-18(16-24)15-23(27)22(21)7-5-3-2-4-6-14-25/h3,5,8,10-11,13,18-19,21-23,25-27H,2,4,6-7,9,12,14-16H2,1H3/b5-3-,13-10+/t18-,19-,21-,22+,23?/m0/s1. The molecule has 0 spiro atoms. The first kappa shape index (κ1) is 23.4. The Kier molecular flexibility index (Phi) is 10.6. The predicted octanol–water partition coefficient (Wildman–Crippen LogP) is 4.22. The molecule has 154 valence electrons. The summed E-state index contributed by atoms with van der Waals surface area (Å²) >= 11 is 1.79. The Balaban J connectivity index is 1.87. The van der Waals surface area contributed by atoms with E-state index in [1.807, 2.05) is 6.08 Å². The molecule has 0 bridgehead atoms. The second-order valence-electron chi connectivity index (χ2n) is 7.97. The highest BCUT2D eigenvalue weighted by molar-refractivity contribution is 7.11. The minimum Gasteiger partial charge on any atom is -0.396 e. The van der Waals surface area contributed by atoms with Crippen LogP contribution in [0.4, 0.5) is 0 Å². The smallest absolute Gasteiger partial charge is 0.0724 e. The number of aryl methyl sites for hydroxylation is 2. The third-order valence-electron chi connectivity index (χ3n) is 5.77. The lowest BCUT2D eigenvalue weighted by atomic mass is 9.80. The summed E-state index contributed by atoms with van der Waals surface area (Å²) in [5, 5.41) is 29.7. The van der Waals surface area contributed by atoms with E-state index in [9.17, 15) is 10.2 Å². The van der Waals surface area contributed by atoms with Crippen molar-refractivity contribution < 1.29 is 15.3 Å². The number of aliphatic hydroxyl groups excluding tert-OH is 3. The van der Waals surface area contributed by atoms with Gasteiger partial charge in [-0.3, -0.25) is 0 Å². The van der Waals surface area contributed by atoms with Crippen LogP contribution in [0.15, 0.2) is 36.4 Å². The minimum atomic E-state index is -0.465. The average molecular weight is 402 g/mol. The average Bonchev–Trinajstić information content (AvgIpc) is 3.23. The Morgan fingerprint density at radius 2 is 2.11 bits per heavy atom. The van der Waals surface area contributed by atoms with Gasteiger partial charge in [-0.25, -0.2) is 0 Å². The zero-order valence-electron chi connectivity index (χ0n) is 17.0. The van der Waals surface area contributed by atoms with Crippen LogP contribution in [0.25, 0.3) is 0 Å². The van der Waals surface area contributed by atoms with Crippen LogP contribution in [0.3, 0.4) is 0 Å². The molecule has 1 aliphatic carbocycles. The molecular weight excluding hydrogens is 367 g/mol. The summed E-state index contributed by atoms with van der Waals surface area (Å²) in [6, 6.07) is 4.26. The van der Waals surface area contributed by atoms with Crippen LogP contribution in [0.2, 0.25) is 6.32 Å². The summed E-state index contributed by atoms with van der Waals surface area (Å²) in [5.74, 6) is 0.637. The highest BCUT2D eigenvalue weighted by atomic mass is 32.1. The van der Waals surface area contributed by atoms with E-state index in [1.165, 1.54) is 9.75 Å². The lowest BCUT2D eigenvalue weighted by molar-refractivity contribution is 0.125. The molecule has 5 atom stereocenters. The fourth-order valence-corrected chi connectivity index (χ4v) is 5.03. The largest absolute Gasteiger partial charge is 0.396 e. The van der Waals surface area contributed by atoms with Gasteiger partial charge in [-0.1, -0.05) is 30.6 Å². The second kappa shape index (κ2) is 12.6. The summed E-state index contributed by atoms with van der Waals surface area (Å²) in [7, 11) is 5.95. The molecule has 1 unspecified atom stereocenters. The molecule has 1 aromatic heterocycles. The van der Waals surface area contributed by atoms with Gasteiger partial charge >= 0.3 is 0 Å². The molecule has 2 rings (SSSR count). The Hall–Kier alpha value is -0.875. The van der Waals surface area contributed by atoms with Crippen LogP contribution in [0.5, 0.6) is 0 Å². The van der Waals surface area contributed by atoms with Gasteiger partial charge < -0.3 is 15.3 Å². The maximum Gasteiger partial charge on any atom is 0.0724 e. The van der Waals surface area contributed by atoms with E-state index in [0.717, 1.165) is 38.5 Å². The van der Waals surface area contributed by atoms with Crippen LogP contribution in [-0.4, -0.2) is 42.0 Å². The van der Waals surface area contributed by atoms with Crippen LogP contribution < -0.4 is 0 Å². The molecule has 1 aliphatic rings. The van der Waals surface area contributed by atoms with Gasteiger partial charge in [0.2, 0.25) is 0 Å². The van der Waals surface area contributed by atoms with E-state index >= 15 is 0 Å². The first-order chi connectivity index (χ1) is 13.5. The number of hydrogen-bond donors (Lipinski definition) is 3. The number of thiophene rings is 1. The number of unbranched alkanes of at least 4 members (excludes halogenated alkanes) is 2. The van der Waals surface area contributed by atoms with E-state index < -0.39 is 6.10 Å². The highest BCUT2D eigenvalue weighted by Gasteiger charge is 2.39. The summed E-state index contributed by atoms with van der Waals surface area (Å²) in [6.45, 7) is 2.35. The number of hydrogen-bond acceptors (Lipinski definition) is 4. The van der Waals surface area contributed by atoms with E-state index in [0.29, 0.717) is 12.7 Å². The van der Waals surface area contributed by atoms with Crippen molar-refractivity contribution in [1.29, 1.82) is 0 Å². The van der Waals surface area contributed by atoms with Gasteiger partial charge in [-0.15, -0.1) is 11.3 Å². The van der Waals surface area contributed by atoms with Crippen molar-refractivity contribution in [3.8, 4) is 0 Å². The monoisotopic (exact) mass is 402 g/mol. The van der Waals surface area contributed by atoms with Crippen LogP contribution >= 0.6 is 11.3 Å². The molecule has 3 N–H and O–H groups in total. The Morgan fingerprint density at radius 3 is 2.79 bits per heavy atom. The summed E-state index contributed by atoms with van der Waals surface area (Å²) in [6.07, 6.45) is 14.0. The van der Waals surface area contributed by atoms with Crippen molar-refractivity contribution in [3.63, 3.8) is 0 Å². The van der Waals surface area contributed by atoms with Crippen molar-refractivity contribution in [2.45, 2.75) is 70.4 Å². The lowest BCUT2D eigenvalue weighted by Gasteiger charge is -2.21. The molecule has 0 aromatic carbocycles. The zero-order chi connectivity index (χ0) is 20.4. The molecule has 0 aliphatic heterocycles. The molecule has 3 nitrogen and oxygen atoms in total. The Morgan fingerprint density at radius 1 is 1.29 bits per heavy atom. The van der Waals surface area contributed by atoms with Gasteiger partial charge in [-0.2, -0.15) is 0 Å². The minimum absolute atomic E-state index is 0.158. The molecule has 0 amide bonds. The fraction of sp³-hybridized carbons (Fsp3) is 0.652. The van der Waals surface area contributed by atoms with Crippen molar-refractivity contribution in [2.75, 3.05) is 6.61 Å². The number of allylic oxidation sites excluding steroid dienone is 3. The molecule has 1 saturated carbocycles. The second-order valence-corrected chi connectivity index (χ2v) is 9.34. The van der Waals surface area contributed by atoms with Gasteiger partial charge in [0, 0.05) is 16.4 Å². The van der Waals surface area contributed by atoms with E-state index in [2.05, 4.69) is 37.3 Å². The van der Waals surface area contributed by atoms with Crippen LogP contribution in [0, 0.1) is 24.7 Å². The van der Waals surface area contributed by atoms with Crippen LogP contribution in [0.1, 0.15) is 48.3 Å². The molecule has 1 heterocycles. The van der Waals surface area contributed by atoms with Gasteiger partial charge in [-0.05, 0) is 81.8 Å². The zero-order valence-corrected chi connectivity index (χ0v) is 17.9. The van der Waals surface area contributed by atoms with Gasteiger partial charge in [0.25, 0.3) is 0 Å². The van der Waals surface area contributed by atoms with E-state index in [1.54, 1.807) is 11.3 Å². The van der Waals surface area contributed by atoms with E-state index in [-0.39, 0.29) is 30.5 Å². The van der Waals surface area contributed by atoms with Gasteiger partial charge in [0.05, 0.1) is 20.1 Å². The Bertz CT molecular complexity index is 613. The summed E-state index contributed by atoms with van der Waals surface area (Å²) < 4.78 is 0.